The maximum Gasteiger partial charge on any atom is 0.203 e. The summed E-state index contributed by atoms with van der Waals surface area (Å²) in [4.78, 5) is 1.21. The van der Waals surface area contributed by atoms with E-state index in [1.54, 1.807) is 42.7 Å². The standard InChI is InChI=1S/C29H35NO7/c1-32-21-9-7-18(8-10-21)23(31)17-30-12-11-19-13-24(33-2)25(34-3)16-22(19)28(30)20-14-26(35-4)29(37-6)27(15-20)36-5/h7-10,13-16,23,28,31H,11-12,17H2,1-6H3/p+1/t23-,28-/m0/s1. The van der Waals surface area contributed by atoms with Crippen LogP contribution in [0.3, 0.4) is 0 Å². The van der Waals surface area contributed by atoms with E-state index >= 15 is 0 Å². The van der Waals surface area contributed by atoms with E-state index in [4.69, 9.17) is 28.4 Å². The minimum atomic E-state index is -0.660. The van der Waals surface area contributed by atoms with Crippen LogP contribution in [0.4, 0.5) is 0 Å². The quantitative estimate of drug-likeness (QED) is 0.434. The lowest BCUT2D eigenvalue weighted by Crippen LogP contribution is -3.14. The first kappa shape index (κ1) is 26.4. The van der Waals surface area contributed by atoms with Gasteiger partial charge in [-0.25, -0.2) is 0 Å². The summed E-state index contributed by atoms with van der Waals surface area (Å²) in [6, 6.07) is 15.5. The number of hydrogen-bond donors (Lipinski definition) is 2. The number of ether oxygens (including phenoxy) is 6. The van der Waals surface area contributed by atoms with Crippen LogP contribution in [0, 0.1) is 0 Å². The molecule has 0 aliphatic carbocycles. The molecule has 3 aromatic rings. The van der Waals surface area contributed by atoms with Gasteiger partial charge in [0.1, 0.15) is 24.4 Å². The van der Waals surface area contributed by atoms with Gasteiger partial charge in [0.05, 0.1) is 49.2 Å². The van der Waals surface area contributed by atoms with E-state index in [-0.39, 0.29) is 6.04 Å². The highest BCUT2D eigenvalue weighted by Crippen LogP contribution is 2.42. The fraction of sp³-hybridized carbons (Fsp3) is 0.379. The van der Waals surface area contributed by atoms with E-state index in [1.165, 1.54) is 10.5 Å². The van der Waals surface area contributed by atoms with Gasteiger partial charge in [0, 0.05) is 17.5 Å². The number of methoxy groups -OCH3 is 6. The van der Waals surface area contributed by atoms with Crippen LogP contribution in [0.2, 0.25) is 0 Å². The fourth-order valence-corrected chi connectivity index (χ4v) is 5.18. The minimum absolute atomic E-state index is 0.120. The van der Waals surface area contributed by atoms with Crippen LogP contribution < -0.4 is 33.3 Å². The largest absolute Gasteiger partial charge is 0.497 e. The minimum Gasteiger partial charge on any atom is -0.497 e. The Balaban J connectivity index is 1.81. The smallest absolute Gasteiger partial charge is 0.203 e. The number of hydrogen-bond acceptors (Lipinski definition) is 7. The predicted octanol–water partition coefficient (Wildman–Crippen LogP) is 3.00. The maximum absolute atomic E-state index is 11.2. The molecule has 3 aromatic carbocycles. The summed E-state index contributed by atoms with van der Waals surface area (Å²) in [6.07, 6.45) is 0.175. The topological polar surface area (TPSA) is 80.1 Å². The summed E-state index contributed by atoms with van der Waals surface area (Å²) < 4.78 is 33.4. The molecule has 0 saturated carbocycles. The number of benzene rings is 3. The molecule has 1 aliphatic rings. The second-order valence-electron chi connectivity index (χ2n) is 8.95. The predicted molar refractivity (Wildman–Crippen MR) is 140 cm³/mol. The van der Waals surface area contributed by atoms with Crippen molar-refractivity contribution in [3.05, 3.63) is 70.8 Å². The zero-order valence-corrected chi connectivity index (χ0v) is 22.3. The van der Waals surface area contributed by atoms with Crippen molar-refractivity contribution in [3.63, 3.8) is 0 Å². The average Bonchev–Trinajstić information content (AvgIpc) is 2.95. The summed E-state index contributed by atoms with van der Waals surface area (Å²) in [6.45, 7) is 1.32. The first-order valence-electron chi connectivity index (χ1n) is 12.2. The normalized spacial score (nSPS) is 17.4. The van der Waals surface area contributed by atoms with Gasteiger partial charge < -0.3 is 38.4 Å². The third kappa shape index (κ3) is 5.26. The highest BCUT2D eigenvalue weighted by atomic mass is 16.5. The van der Waals surface area contributed by atoms with Crippen LogP contribution in [0.25, 0.3) is 0 Å². The Morgan fingerprint density at radius 3 is 1.89 bits per heavy atom. The van der Waals surface area contributed by atoms with Gasteiger partial charge >= 0.3 is 0 Å². The third-order valence-corrected chi connectivity index (χ3v) is 7.06. The lowest BCUT2D eigenvalue weighted by atomic mass is 9.87. The van der Waals surface area contributed by atoms with Gasteiger partial charge in [0.15, 0.2) is 23.0 Å². The second kappa shape index (κ2) is 11.6. The van der Waals surface area contributed by atoms with E-state index in [0.29, 0.717) is 35.3 Å². The van der Waals surface area contributed by atoms with E-state index in [0.717, 1.165) is 35.4 Å². The molecular weight excluding hydrogens is 474 g/mol. The Bertz CT molecular complexity index is 1190. The fourth-order valence-electron chi connectivity index (χ4n) is 5.18. The Kier molecular flexibility index (Phi) is 8.31. The van der Waals surface area contributed by atoms with Crippen LogP contribution in [-0.2, 0) is 6.42 Å². The summed E-state index contributed by atoms with van der Waals surface area (Å²) in [5.74, 6) is 3.82. The Morgan fingerprint density at radius 2 is 1.35 bits per heavy atom. The van der Waals surface area contributed by atoms with Gasteiger partial charge in [-0.1, -0.05) is 12.1 Å². The van der Waals surface area contributed by atoms with Gasteiger partial charge in [0.25, 0.3) is 0 Å². The molecule has 0 bridgehead atoms. The molecule has 1 aliphatic heterocycles. The monoisotopic (exact) mass is 510 g/mol. The average molecular weight is 511 g/mol. The van der Waals surface area contributed by atoms with Gasteiger partial charge in [0.2, 0.25) is 5.75 Å². The van der Waals surface area contributed by atoms with Crippen LogP contribution in [0.5, 0.6) is 34.5 Å². The van der Waals surface area contributed by atoms with Gasteiger partial charge in [-0.05, 0) is 47.5 Å². The zero-order chi connectivity index (χ0) is 26.5. The molecule has 2 N–H and O–H groups in total. The van der Waals surface area contributed by atoms with Crippen molar-refractivity contribution in [2.75, 3.05) is 55.7 Å². The Morgan fingerprint density at radius 1 is 0.757 bits per heavy atom. The summed E-state index contributed by atoms with van der Waals surface area (Å²) in [7, 11) is 9.73. The van der Waals surface area contributed by atoms with E-state index in [2.05, 4.69) is 6.07 Å². The molecule has 8 heteroatoms. The van der Waals surface area contributed by atoms with Crippen LogP contribution in [0.1, 0.15) is 34.4 Å². The first-order valence-corrected chi connectivity index (χ1v) is 12.2. The van der Waals surface area contributed by atoms with E-state index in [9.17, 15) is 5.11 Å². The Hall–Kier alpha value is -3.62. The molecule has 0 radical (unpaired) electrons. The molecule has 0 aromatic heterocycles. The number of aliphatic hydroxyl groups excluding tert-OH is 1. The molecule has 1 unspecified atom stereocenters. The molecule has 0 amide bonds. The lowest BCUT2D eigenvalue weighted by molar-refractivity contribution is -0.931. The van der Waals surface area contributed by atoms with Crippen molar-refractivity contribution in [2.45, 2.75) is 18.6 Å². The number of nitrogens with one attached hydrogen (secondary N) is 1. The number of rotatable bonds is 10. The van der Waals surface area contributed by atoms with Crippen molar-refractivity contribution in [2.24, 2.45) is 0 Å². The molecule has 1 heterocycles. The van der Waals surface area contributed by atoms with Gasteiger partial charge in [-0.15, -0.1) is 0 Å². The second-order valence-corrected chi connectivity index (χ2v) is 8.95. The van der Waals surface area contributed by atoms with Crippen molar-refractivity contribution >= 4 is 0 Å². The molecule has 0 fully saturated rings. The molecule has 198 valence electrons. The number of aliphatic hydroxyl groups is 1. The third-order valence-electron chi connectivity index (χ3n) is 7.06. The highest BCUT2D eigenvalue weighted by Gasteiger charge is 2.36. The molecule has 3 atom stereocenters. The van der Waals surface area contributed by atoms with Crippen LogP contribution in [0.15, 0.2) is 48.5 Å². The lowest BCUT2D eigenvalue weighted by Gasteiger charge is -2.36. The van der Waals surface area contributed by atoms with Crippen molar-refractivity contribution < 1.29 is 38.4 Å². The first-order chi connectivity index (χ1) is 18.0. The summed E-state index contributed by atoms with van der Waals surface area (Å²) in [5, 5.41) is 11.2. The van der Waals surface area contributed by atoms with Gasteiger partial charge in [-0.3, -0.25) is 0 Å². The highest BCUT2D eigenvalue weighted by molar-refractivity contribution is 5.57. The zero-order valence-electron chi connectivity index (χ0n) is 22.3. The SMILES string of the molecule is COc1ccc([C@@H](O)C[NH+]2CCc3cc(OC)c(OC)cc3[C@@H]2c2cc(OC)c(OC)c(OC)c2)cc1. The van der Waals surface area contributed by atoms with Crippen molar-refractivity contribution in [1.29, 1.82) is 0 Å². The van der Waals surface area contributed by atoms with Crippen molar-refractivity contribution in [3.8, 4) is 34.5 Å². The maximum atomic E-state index is 11.2. The van der Waals surface area contributed by atoms with Crippen LogP contribution >= 0.6 is 0 Å². The Labute approximate surface area is 218 Å². The van der Waals surface area contributed by atoms with E-state index in [1.807, 2.05) is 42.5 Å². The molecule has 37 heavy (non-hydrogen) atoms. The number of fused-ring (bicyclic) bond motifs is 1. The molecule has 4 rings (SSSR count). The number of quaternary nitrogens is 1. The molecular formula is C29H36NO7+. The van der Waals surface area contributed by atoms with E-state index < -0.39 is 6.10 Å². The van der Waals surface area contributed by atoms with Gasteiger partial charge in [-0.2, -0.15) is 0 Å². The van der Waals surface area contributed by atoms with Crippen molar-refractivity contribution in [1.82, 2.24) is 0 Å². The summed E-state index contributed by atoms with van der Waals surface area (Å²) in [5.41, 5.74) is 4.11. The molecule has 8 nitrogen and oxygen atoms in total. The summed E-state index contributed by atoms with van der Waals surface area (Å²) >= 11 is 0. The van der Waals surface area contributed by atoms with Crippen LogP contribution in [-0.4, -0.2) is 60.9 Å². The molecule has 0 saturated heterocycles. The molecule has 0 spiro atoms.